The largest absolute Gasteiger partial charge is 0.383 e. The number of aryl methyl sites for hydroxylation is 1. The second-order valence-corrected chi connectivity index (χ2v) is 6.02. The number of hydrogen-bond donors (Lipinski definition) is 2. The molecule has 0 saturated carbocycles. The molecule has 1 atom stereocenters. The van der Waals surface area contributed by atoms with Crippen LogP contribution in [0.15, 0.2) is 18.2 Å². The summed E-state index contributed by atoms with van der Waals surface area (Å²) in [6.45, 7) is 2.51. The fourth-order valence-corrected chi connectivity index (χ4v) is 3.17. The smallest absolute Gasteiger partial charge is 0.324 e. The van der Waals surface area contributed by atoms with E-state index in [0.717, 1.165) is 22.2 Å². The molecule has 128 valence electrons. The van der Waals surface area contributed by atoms with Crippen molar-refractivity contribution in [3.05, 3.63) is 35.3 Å². The lowest BCUT2D eigenvalue weighted by atomic mass is 10.1. The SMILES string of the molecule is COC[C@H]1CC(=O)N(CCc2c(C)[nH]c3cc(F)ccc23)C(=O)N1. The van der Waals surface area contributed by atoms with Crippen molar-refractivity contribution in [3.8, 4) is 0 Å². The number of H-pyrrole nitrogens is 1. The van der Waals surface area contributed by atoms with Crippen molar-refractivity contribution in [1.29, 1.82) is 0 Å². The van der Waals surface area contributed by atoms with Gasteiger partial charge in [-0.15, -0.1) is 0 Å². The van der Waals surface area contributed by atoms with Gasteiger partial charge in [0.1, 0.15) is 5.82 Å². The molecular weight excluding hydrogens is 313 g/mol. The van der Waals surface area contributed by atoms with Crippen LogP contribution in [0.4, 0.5) is 9.18 Å². The highest BCUT2D eigenvalue weighted by Gasteiger charge is 2.31. The Bertz CT molecular complexity index is 769. The number of aromatic nitrogens is 1. The predicted octanol–water partition coefficient (Wildman–Crippen LogP) is 2.11. The van der Waals surface area contributed by atoms with Crippen molar-refractivity contribution in [2.75, 3.05) is 20.3 Å². The number of fused-ring (bicyclic) bond motifs is 1. The lowest BCUT2D eigenvalue weighted by Gasteiger charge is -2.31. The second kappa shape index (κ2) is 6.60. The summed E-state index contributed by atoms with van der Waals surface area (Å²) < 4.78 is 18.3. The van der Waals surface area contributed by atoms with Gasteiger partial charge in [0.05, 0.1) is 12.6 Å². The van der Waals surface area contributed by atoms with Crippen LogP contribution in [0.25, 0.3) is 10.9 Å². The molecule has 3 amide bonds. The zero-order valence-electron chi connectivity index (χ0n) is 13.7. The standard InChI is InChI=1S/C17H20FN3O3/c1-10-13(14-4-3-11(18)7-15(14)19-10)5-6-21-16(22)8-12(9-24-2)20-17(21)23/h3-4,7,12,19H,5-6,8-9H2,1-2H3,(H,20,23)/t12-/m1/s1. The number of carbonyl (C=O) groups is 2. The Hall–Kier alpha value is -2.41. The van der Waals surface area contributed by atoms with E-state index in [2.05, 4.69) is 10.3 Å². The summed E-state index contributed by atoms with van der Waals surface area (Å²) in [6, 6.07) is 3.91. The molecular formula is C17H20FN3O3. The Kier molecular flexibility index (Phi) is 4.53. The Morgan fingerprint density at radius 2 is 2.17 bits per heavy atom. The van der Waals surface area contributed by atoms with Gasteiger partial charge in [0.2, 0.25) is 5.91 Å². The molecule has 2 N–H and O–H groups in total. The molecule has 1 fully saturated rings. The number of amides is 3. The quantitative estimate of drug-likeness (QED) is 0.880. The number of nitrogens with one attached hydrogen (secondary N) is 2. The van der Waals surface area contributed by atoms with Gasteiger partial charge in [0, 0.05) is 36.7 Å². The number of methoxy groups -OCH3 is 1. The molecule has 0 aliphatic carbocycles. The Morgan fingerprint density at radius 1 is 1.38 bits per heavy atom. The average Bonchev–Trinajstić information content (AvgIpc) is 2.81. The molecule has 6 nitrogen and oxygen atoms in total. The van der Waals surface area contributed by atoms with Gasteiger partial charge in [-0.2, -0.15) is 0 Å². The van der Waals surface area contributed by atoms with E-state index in [1.807, 2.05) is 6.92 Å². The molecule has 24 heavy (non-hydrogen) atoms. The molecule has 3 rings (SSSR count). The van der Waals surface area contributed by atoms with E-state index in [1.165, 1.54) is 24.1 Å². The number of aromatic amines is 1. The minimum Gasteiger partial charge on any atom is -0.383 e. The first kappa shape index (κ1) is 16.4. The lowest BCUT2D eigenvalue weighted by Crippen LogP contribution is -2.56. The normalized spacial score (nSPS) is 18.3. The fraction of sp³-hybridized carbons (Fsp3) is 0.412. The fourth-order valence-electron chi connectivity index (χ4n) is 3.17. The summed E-state index contributed by atoms with van der Waals surface area (Å²) in [7, 11) is 1.53. The Balaban J connectivity index is 1.73. The highest BCUT2D eigenvalue weighted by Crippen LogP contribution is 2.24. The van der Waals surface area contributed by atoms with Gasteiger partial charge in [0.15, 0.2) is 0 Å². The Labute approximate surface area is 139 Å². The monoisotopic (exact) mass is 333 g/mol. The molecule has 2 heterocycles. The van der Waals surface area contributed by atoms with E-state index in [-0.39, 0.29) is 30.7 Å². The minimum absolute atomic E-state index is 0.204. The van der Waals surface area contributed by atoms with Crippen molar-refractivity contribution in [3.63, 3.8) is 0 Å². The third-order valence-corrected chi connectivity index (χ3v) is 4.33. The van der Waals surface area contributed by atoms with Gasteiger partial charge in [-0.3, -0.25) is 9.69 Å². The highest BCUT2D eigenvalue weighted by atomic mass is 19.1. The molecule has 0 spiro atoms. The van der Waals surface area contributed by atoms with Crippen LogP contribution in [0.1, 0.15) is 17.7 Å². The van der Waals surface area contributed by atoms with E-state index in [4.69, 9.17) is 4.74 Å². The van der Waals surface area contributed by atoms with E-state index < -0.39 is 6.03 Å². The van der Waals surface area contributed by atoms with Crippen molar-refractivity contribution in [2.45, 2.75) is 25.8 Å². The van der Waals surface area contributed by atoms with E-state index >= 15 is 0 Å². The highest BCUT2D eigenvalue weighted by molar-refractivity contribution is 5.97. The summed E-state index contributed by atoms with van der Waals surface area (Å²) in [5.41, 5.74) is 2.62. The summed E-state index contributed by atoms with van der Waals surface area (Å²) in [5, 5.41) is 3.68. The van der Waals surface area contributed by atoms with Crippen LogP contribution in [-0.2, 0) is 16.0 Å². The number of benzene rings is 1. The summed E-state index contributed by atoms with van der Waals surface area (Å²) in [4.78, 5) is 28.7. The molecule has 1 aliphatic rings. The number of carbonyl (C=O) groups excluding carboxylic acids is 2. The van der Waals surface area contributed by atoms with Crippen LogP contribution >= 0.6 is 0 Å². The van der Waals surface area contributed by atoms with E-state index in [9.17, 15) is 14.0 Å². The van der Waals surface area contributed by atoms with Gasteiger partial charge < -0.3 is 15.0 Å². The van der Waals surface area contributed by atoms with Gasteiger partial charge in [0.25, 0.3) is 0 Å². The Morgan fingerprint density at radius 3 is 2.88 bits per heavy atom. The van der Waals surface area contributed by atoms with Gasteiger partial charge in [-0.05, 0) is 37.1 Å². The number of urea groups is 1. The molecule has 1 aromatic heterocycles. The van der Waals surface area contributed by atoms with Crippen LogP contribution in [0.2, 0.25) is 0 Å². The summed E-state index contributed by atoms with van der Waals surface area (Å²) >= 11 is 0. The molecule has 0 radical (unpaired) electrons. The van der Waals surface area contributed by atoms with Crippen molar-refractivity contribution in [1.82, 2.24) is 15.2 Å². The first-order valence-electron chi connectivity index (χ1n) is 7.86. The summed E-state index contributed by atoms with van der Waals surface area (Å²) in [5.74, 6) is -0.505. The maximum Gasteiger partial charge on any atom is 0.324 e. The first-order chi connectivity index (χ1) is 11.5. The molecule has 1 aromatic carbocycles. The van der Waals surface area contributed by atoms with Gasteiger partial charge in [-0.1, -0.05) is 0 Å². The average molecular weight is 333 g/mol. The zero-order valence-corrected chi connectivity index (χ0v) is 13.7. The minimum atomic E-state index is -0.392. The van der Waals surface area contributed by atoms with Gasteiger partial charge in [-0.25, -0.2) is 9.18 Å². The van der Waals surface area contributed by atoms with E-state index in [1.54, 1.807) is 6.07 Å². The molecule has 2 aromatic rings. The predicted molar refractivity (Wildman–Crippen MR) is 87.2 cm³/mol. The number of halogens is 1. The van der Waals surface area contributed by atoms with Gasteiger partial charge >= 0.3 is 6.03 Å². The van der Waals surface area contributed by atoms with Crippen LogP contribution in [-0.4, -0.2) is 48.1 Å². The van der Waals surface area contributed by atoms with Crippen molar-refractivity contribution < 1.29 is 18.7 Å². The van der Waals surface area contributed by atoms with Crippen molar-refractivity contribution >= 4 is 22.8 Å². The molecule has 0 unspecified atom stereocenters. The lowest BCUT2D eigenvalue weighted by molar-refractivity contribution is -0.130. The topological polar surface area (TPSA) is 74.4 Å². The first-order valence-corrected chi connectivity index (χ1v) is 7.86. The van der Waals surface area contributed by atoms with Crippen molar-refractivity contribution in [2.24, 2.45) is 0 Å². The zero-order chi connectivity index (χ0) is 17.3. The second-order valence-electron chi connectivity index (χ2n) is 6.02. The molecule has 7 heteroatoms. The number of ether oxygens (including phenoxy) is 1. The number of imide groups is 1. The van der Waals surface area contributed by atoms with Crippen LogP contribution in [0.3, 0.4) is 0 Å². The molecule has 0 bridgehead atoms. The third kappa shape index (κ3) is 3.12. The molecule has 1 saturated heterocycles. The van der Waals surface area contributed by atoms with E-state index in [0.29, 0.717) is 13.0 Å². The van der Waals surface area contributed by atoms with Crippen LogP contribution in [0, 0.1) is 12.7 Å². The maximum absolute atomic E-state index is 13.3. The number of rotatable bonds is 5. The van der Waals surface area contributed by atoms with Crippen LogP contribution < -0.4 is 5.32 Å². The summed E-state index contributed by atoms with van der Waals surface area (Å²) in [6.07, 6.45) is 0.753. The maximum atomic E-state index is 13.3. The third-order valence-electron chi connectivity index (χ3n) is 4.33. The van der Waals surface area contributed by atoms with Crippen LogP contribution in [0.5, 0.6) is 0 Å². The number of nitrogens with zero attached hydrogens (tertiary/aromatic N) is 1. The molecule has 1 aliphatic heterocycles. The number of hydrogen-bond acceptors (Lipinski definition) is 3.